The quantitative estimate of drug-likeness (QED) is 0.880. The van der Waals surface area contributed by atoms with Crippen LogP contribution in [0.1, 0.15) is 10.4 Å². The van der Waals surface area contributed by atoms with E-state index in [1.165, 1.54) is 11.3 Å². The van der Waals surface area contributed by atoms with E-state index in [-0.39, 0.29) is 0 Å². The summed E-state index contributed by atoms with van der Waals surface area (Å²) in [5.41, 5.74) is 6.55. The Hall–Kier alpha value is -0.750. The van der Waals surface area contributed by atoms with Crippen molar-refractivity contribution in [2.75, 3.05) is 0 Å². The molecule has 1 aromatic heterocycles. The molecule has 1 aromatic carbocycles. The van der Waals surface area contributed by atoms with Crippen LogP contribution in [-0.4, -0.2) is 9.20 Å². The van der Waals surface area contributed by atoms with Gasteiger partial charge >= 0.3 is 0 Å². The predicted octanol–water partition coefficient (Wildman–Crippen LogP) is 3.34. The van der Waals surface area contributed by atoms with Crippen molar-refractivity contribution in [1.82, 2.24) is 0 Å². The predicted molar refractivity (Wildman–Crippen MR) is 81.8 cm³/mol. The highest BCUT2D eigenvalue weighted by atomic mass is 35.5. The van der Waals surface area contributed by atoms with Gasteiger partial charge in [0.15, 0.2) is 0 Å². The van der Waals surface area contributed by atoms with E-state index in [4.69, 9.17) is 29.6 Å². The van der Waals surface area contributed by atoms with Gasteiger partial charge in [-0.1, -0.05) is 23.8 Å². The first-order valence-electron chi connectivity index (χ1n) is 5.08. The molecule has 2 rings (SSSR count). The molecule has 1 heterocycles. The second-order valence-corrected chi connectivity index (χ2v) is 6.83. The largest absolute Gasteiger partial charge is 0.389 e. The lowest BCUT2D eigenvalue weighted by molar-refractivity contribution is 0.682. The Kier molecular flexibility index (Phi) is 4.50. The Morgan fingerprint density at radius 2 is 2.00 bits per heavy atom. The standard InChI is InChI=1S/C12H10ClNOS3/c13-9-1-3-10(4-2-9)18(15)7-8-5-6-17-11(8)12(14)16/h1-6H,7H2,(H2,14,16)/t18-/m0/s1. The Balaban J connectivity index is 2.19. The maximum Gasteiger partial charge on any atom is 0.114 e. The lowest BCUT2D eigenvalue weighted by Crippen LogP contribution is -2.10. The molecule has 2 aromatic rings. The minimum absolute atomic E-state index is 0.355. The highest BCUT2D eigenvalue weighted by Gasteiger charge is 2.11. The number of nitrogens with two attached hydrogens (primary N) is 1. The molecule has 1 atom stereocenters. The van der Waals surface area contributed by atoms with Crippen LogP contribution < -0.4 is 5.73 Å². The summed E-state index contributed by atoms with van der Waals surface area (Å²) in [6.45, 7) is 0. The molecule has 0 aliphatic carbocycles. The first-order valence-corrected chi connectivity index (χ1v) is 8.06. The molecule has 0 saturated heterocycles. The Bertz CT molecular complexity index is 592. The van der Waals surface area contributed by atoms with Gasteiger partial charge in [0.1, 0.15) is 4.99 Å². The SMILES string of the molecule is NC(=S)c1sccc1C[S@](=O)c1ccc(Cl)cc1. The smallest absolute Gasteiger partial charge is 0.114 e. The number of hydrogen-bond acceptors (Lipinski definition) is 3. The molecule has 18 heavy (non-hydrogen) atoms. The molecule has 0 bridgehead atoms. The summed E-state index contributed by atoms with van der Waals surface area (Å²) in [6, 6.07) is 8.91. The van der Waals surface area contributed by atoms with Crippen molar-refractivity contribution in [3.8, 4) is 0 Å². The maximum atomic E-state index is 12.2. The lowest BCUT2D eigenvalue weighted by Gasteiger charge is -2.03. The van der Waals surface area contributed by atoms with Crippen LogP contribution in [0.4, 0.5) is 0 Å². The van der Waals surface area contributed by atoms with Crippen molar-refractivity contribution >= 4 is 50.9 Å². The van der Waals surface area contributed by atoms with E-state index in [0.717, 1.165) is 15.3 Å². The fourth-order valence-electron chi connectivity index (χ4n) is 1.48. The third-order valence-electron chi connectivity index (χ3n) is 2.33. The van der Waals surface area contributed by atoms with Gasteiger partial charge in [-0.3, -0.25) is 4.21 Å². The molecule has 0 unspecified atom stereocenters. The normalized spacial score (nSPS) is 12.3. The fraction of sp³-hybridized carbons (Fsp3) is 0.0833. The minimum Gasteiger partial charge on any atom is -0.389 e. The highest BCUT2D eigenvalue weighted by molar-refractivity contribution is 7.84. The Morgan fingerprint density at radius 1 is 1.33 bits per heavy atom. The molecular weight excluding hydrogens is 306 g/mol. The second kappa shape index (κ2) is 5.93. The summed E-state index contributed by atoms with van der Waals surface area (Å²) in [7, 11) is -1.12. The van der Waals surface area contributed by atoms with Crippen LogP contribution in [0, 0.1) is 0 Å². The van der Waals surface area contributed by atoms with E-state index in [0.29, 0.717) is 15.8 Å². The molecule has 0 amide bonds. The first-order chi connectivity index (χ1) is 8.58. The van der Waals surface area contributed by atoms with Crippen molar-refractivity contribution in [2.24, 2.45) is 5.73 Å². The molecule has 0 radical (unpaired) electrons. The topological polar surface area (TPSA) is 43.1 Å². The zero-order valence-electron chi connectivity index (χ0n) is 9.26. The van der Waals surface area contributed by atoms with Crippen LogP contribution in [0.15, 0.2) is 40.6 Å². The summed E-state index contributed by atoms with van der Waals surface area (Å²) < 4.78 is 12.2. The van der Waals surface area contributed by atoms with Gasteiger partial charge in [-0.05, 0) is 41.3 Å². The second-order valence-electron chi connectivity index (χ2n) is 3.58. The molecular formula is C12H10ClNOS3. The molecule has 0 spiro atoms. The lowest BCUT2D eigenvalue weighted by atomic mass is 10.3. The van der Waals surface area contributed by atoms with Gasteiger partial charge in [-0.15, -0.1) is 11.3 Å². The summed E-state index contributed by atoms with van der Waals surface area (Å²) >= 11 is 12.2. The van der Waals surface area contributed by atoms with Crippen LogP contribution >= 0.6 is 35.2 Å². The summed E-state index contributed by atoms with van der Waals surface area (Å²) in [4.78, 5) is 1.94. The number of halogens is 1. The van der Waals surface area contributed by atoms with E-state index < -0.39 is 10.8 Å². The minimum atomic E-state index is -1.12. The number of thiocarbonyl (C=S) groups is 1. The zero-order valence-corrected chi connectivity index (χ0v) is 12.5. The van der Waals surface area contributed by atoms with Gasteiger partial charge in [0, 0.05) is 9.92 Å². The summed E-state index contributed by atoms with van der Waals surface area (Å²) in [5.74, 6) is 0.414. The molecule has 2 nitrogen and oxygen atoms in total. The molecule has 94 valence electrons. The van der Waals surface area contributed by atoms with E-state index in [2.05, 4.69) is 0 Å². The molecule has 6 heteroatoms. The zero-order chi connectivity index (χ0) is 13.1. The van der Waals surface area contributed by atoms with Gasteiger partial charge in [0.2, 0.25) is 0 Å². The summed E-state index contributed by atoms with van der Waals surface area (Å²) in [6.07, 6.45) is 0. The van der Waals surface area contributed by atoms with Crippen molar-refractivity contribution in [3.63, 3.8) is 0 Å². The third-order valence-corrected chi connectivity index (χ3v) is 5.28. The number of thiophene rings is 1. The van der Waals surface area contributed by atoms with Gasteiger partial charge in [0.25, 0.3) is 0 Å². The van der Waals surface area contributed by atoms with Crippen LogP contribution in [0.25, 0.3) is 0 Å². The van der Waals surface area contributed by atoms with Crippen molar-refractivity contribution in [1.29, 1.82) is 0 Å². The van der Waals surface area contributed by atoms with Crippen LogP contribution in [0.3, 0.4) is 0 Å². The Morgan fingerprint density at radius 3 is 2.61 bits per heavy atom. The average molecular weight is 316 g/mol. The number of rotatable bonds is 4. The third kappa shape index (κ3) is 3.17. The maximum absolute atomic E-state index is 12.2. The summed E-state index contributed by atoms with van der Waals surface area (Å²) in [5, 5.41) is 2.54. The molecule has 2 N–H and O–H groups in total. The average Bonchev–Trinajstić information content (AvgIpc) is 2.78. The van der Waals surface area contributed by atoms with E-state index in [1.807, 2.05) is 11.4 Å². The van der Waals surface area contributed by atoms with Gasteiger partial charge < -0.3 is 5.73 Å². The fourth-order valence-corrected chi connectivity index (χ4v) is 3.87. The molecule has 0 fully saturated rings. The van der Waals surface area contributed by atoms with E-state index in [9.17, 15) is 4.21 Å². The van der Waals surface area contributed by atoms with Gasteiger partial charge in [0.05, 0.1) is 21.4 Å². The van der Waals surface area contributed by atoms with Crippen molar-refractivity contribution in [2.45, 2.75) is 10.6 Å². The van der Waals surface area contributed by atoms with Gasteiger partial charge in [-0.25, -0.2) is 0 Å². The number of benzene rings is 1. The van der Waals surface area contributed by atoms with Crippen molar-refractivity contribution in [3.05, 3.63) is 51.2 Å². The van der Waals surface area contributed by atoms with E-state index in [1.54, 1.807) is 24.3 Å². The van der Waals surface area contributed by atoms with Gasteiger partial charge in [-0.2, -0.15) is 0 Å². The number of hydrogen-bond donors (Lipinski definition) is 1. The van der Waals surface area contributed by atoms with Crippen LogP contribution in [-0.2, 0) is 16.6 Å². The van der Waals surface area contributed by atoms with Crippen LogP contribution in [0.5, 0.6) is 0 Å². The van der Waals surface area contributed by atoms with Crippen molar-refractivity contribution < 1.29 is 4.21 Å². The molecule has 0 saturated carbocycles. The Labute approximate surface area is 122 Å². The van der Waals surface area contributed by atoms with E-state index >= 15 is 0 Å². The molecule has 0 aliphatic heterocycles. The highest BCUT2D eigenvalue weighted by Crippen LogP contribution is 2.21. The van der Waals surface area contributed by atoms with Crippen LogP contribution in [0.2, 0.25) is 5.02 Å². The first kappa shape index (κ1) is 13.7. The monoisotopic (exact) mass is 315 g/mol. The molecule has 0 aliphatic rings.